The summed E-state index contributed by atoms with van der Waals surface area (Å²) in [6.45, 7) is 1.50. The van der Waals surface area contributed by atoms with Crippen molar-refractivity contribution >= 4 is 46.7 Å². The lowest BCUT2D eigenvalue weighted by Crippen LogP contribution is -2.28. The summed E-state index contributed by atoms with van der Waals surface area (Å²) in [4.78, 5) is 49.7. The molecule has 0 saturated carbocycles. The molecule has 0 bridgehead atoms. The maximum absolute atomic E-state index is 12.3. The molecule has 9 heteroatoms. The zero-order valence-electron chi connectivity index (χ0n) is 17.0. The average molecular weight is 445 g/mol. The summed E-state index contributed by atoms with van der Waals surface area (Å²) in [6.07, 6.45) is -0.0211. The molecule has 1 aliphatic rings. The number of carbonyl (C=O) groups is 4. The van der Waals surface area contributed by atoms with Crippen LogP contribution in [0.25, 0.3) is 0 Å². The number of halogens is 1. The van der Waals surface area contributed by atoms with Gasteiger partial charge in [-0.05, 0) is 48.9 Å². The molecule has 2 aromatic rings. The van der Waals surface area contributed by atoms with Crippen LogP contribution in [0.5, 0.6) is 0 Å². The van der Waals surface area contributed by atoms with Gasteiger partial charge < -0.3 is 19.7 Å². The van der Waals surface area contributed by atoms with Crippen molar-refractivity contribution in [2.45, 2.75) is 13.3 Å². The fourth-order valence-electron chi connectivity index (χ4n) is 3.13. The first-order valence-electron chi connectivity index (χ1n) is 9.50. The van der Waals surface area contributed by atoms with Crippen LogP contribution in [-0.4, -0.2) is 44.0 Å². The number of ether oxygens (including phenoxy) is 2. The monoisotopic (exact) mass is 444 g/mol. The lowest BCUT2D eigenvalue weighted by molar-refractivity contribution is -0.151. The number of benzene rings is 2. The van der Waals surface area contributed by atoms with E-state index in [1.807, 2.05) is 6.92 Å². The highest BCUT2D eigenvalue weighted by atomic mass is 35.5. The third kappa shape index (κ3) is 5.40. The van der Waals surface area contributed by atoms with Crippen LogP contribution in [0.15, 0.2) is 42.5 Å². The van der Waals surface area contributed by atoms with E-state index in [-0.39, 0.29) is 18.9 Å². The zero-order valence-corrected chi connectivity index (χ0v) is 17.8. The standard InChI is InChI=1S/C22H21ClN2O6/c1-13-3-6-16(10-18(13)23)24-19(26)12-31-22(29)15-9-20(27)25(11-15)17-7-4-14(5-8-17)21(28)30-2/h3-8,10,15H,9,11-12H2,1-2H3,(H,24,26). The third-order valence-electron chi connectivity index (χ3n) is 4.86. The van der Waals surface area contributed by atoms with E-state index in [2.05, 4.69) is 10.1 Å². The van der Waals surface area contributed by atoms with Gasteiger partial charge in [0.25, 0.3) is 5.91 Å². The van der Waals surface area contributed by atoms with Gasteiger partial charge in [-0.3, -0.25) is 14.4 Å². The molecule has 1 unspecified atom stereocenters. The molecule has 1 aliphatic heterocycles. The Balaban J connectivity index is 1.53. The summed E-state index contributed by atoms with van der Waals surface area (Å²) in [5.74, 6) is -2.54. The highest BCUT2D eigenvalue weighted by molar-refractivity contribution is 6.31. The number of carbonyl (C=O) groups excluding carboxylic acids is 4. The molecule has 1 saturated heterocycles. The molecule has 31 heavy (non-hydrogen) atoms. The van der Waals surface area contributed by atoms with E-state index in [1.165, 1.54) is 12.0 Å². The van der Waals surface area contributed by atoms with Crippen LogP contribution in [0.3, 0.4) is 0 Å². The maximum atomic E-state index is 12.3. The van der Waals surface area contributed by atoms with Crippen LogP contribution in [0.4, 0.5) is 11.4 Å². The first-order valence-corrected chi connectivity index (χ1v) is 9.87. The van der Waals surface area contributed by atoms with Crippen molar-refractivity contribution in [1.29, 1.82) is 0 Å². The van der Waals surface area contributed by atoms with Gasteiger partial charge in [-0.2, -0.15) is 0 Å². The minimum atomic E-state index is -0.686. The topological polar surface area (TPSA) is 102 Å². The molecule has 0 spiro atoms. The van der Waals surface area contributed by atoms with Crippen LogP contribution in [0, 0.1) is 12.8 Å². The highest BCUT2D eigenvalue weighted by Crippen LogP contribution is 2.26. The fourth-order valence-corrected chi connectivity index (χ4v) is 3.31. The molecule has 0 radical (unpaired) electrons. The number of hydrogen-bond acceptors (Lipinski definition) is 6. The quantitative estimate of drug-likeness (QED) is 0.687. The molecule has 1 N–H and O–H groups in total. The summed E-state index contributed by atoms with van der Waals surface area (Å²) in [7, 11) is 1.28. The van der Waals surface area contributed by atoms with Gasteiger partial charge in [0, 0.05) is 29.4 Å². The Morgan fingerprint density at radius 3 is 2.52 bits per heavy atom. The van der Waals surface area contributed by atoms with Gasteiger partial charge >= 0.3 is 11.9 Å². The molecule has 3 rings (SSSR count). The van der Waals surface area contributed by atoms with E-state index in [0.717, 1.165) is 5.56 Å². The van der Waals surface area contributed by atoms with Gasteiger partial charge in [0.05, 0.1) is 18.6 Å². The summed E-state index contributed by atoms with van der Waals surface area (Å²) >= 11 is 6.02. The average Bonchev–Trinajstić information content (AvgIpc) is 3.16. The van der Waals surface area contributed by atoms with Gasteiger partial charge in [-0.25, -0.2) is 4.79 Å². The molecule has 8 nitrogen and oxygen atoms in total. The number of anilines is 2. The van der Waals surface area contributed by atoms with E-state index in [1.54, 1.807) is 42.5 Å². The van der Waals surface area contributed by atoms with Crippen molar-refractivity contribution in [1.82, 2.24) is 0 Å². The highest BCUT2D eigenvalue weighted by Gasteiger charge is 2.36. The van der Waals surface area contributed by atoms with E-state index in [9.17, 15) is 19.2 Å². The lowest BCUT2D eigenvalue weighted by atomic mass is 10.1. The van der Waals surface area contributed by atoms with Crippen molar-refractivity contribution < 1.29 is 28.7 Å². The maximum Gasteiger partial charge on any atom is 0.337 e. The van der Waals surface area contributed by atoms with Crippen LogP contribution in [0.2, 0.25) is 5.02 Å². The number of nitrogens with zero attached hydrogens (tertiary/aromatic N) is 1. The number of amides is 2. The molecule has 0 aromatic heterocycles. The summed E-state index contributed by atoms with van der Waals surface area (Å²) < 4.78 is 9.73. The van der Waals surface area contributed by atoms with Gasteiger partial charge in [0.15, 0.2) is 6.61 Å². The number of rotatable bonds is 6. The largest absolute Gasteiger partial charge is 0.465 e. The van der Waals surface area contributed by atoms with E-state index in [0.29, 0.717) is 22.0 Å². The van der Waals surface area contributed by atoms with E-state index >= 15 is 0 Å². The van der Waals surface area contributed by atoms with E-state index < -0.39 is 30.4 Å². The molecule has 2 amide bonds. The number of aryl methyl sites for hydroxylation is 1. The van der Waals surface area contributed by atoms with Gasteiger partial charge in [0.2, 0.25) is 5.91 Å². The van der Waals surface area contributed by atoms with Crippen LogP contribution < -0.4 is 10.2 Å². The smallest absolute Gasteiger partial charge is 0.337 e. The van der Waals surface area contributed by atoms with Crippen molar-refractivity contribution in [2.24, 2.45) is 5.92 Å². The minimum Gasteiger partial charge on any atom is -0.465 e. The number of methoxy groups -OCH3 is 1. The van der Waals surface area contributed by atoms with Crippen LogP contribution in [0.1, 0.15) is 22.3 Å². The Morgan fingerprint density at radius 2 is 1.87 bits per heavy atom. The van der Waals surface area contributed by atoms with Crippen molar-refractivity contribution in [3.63, 3.8) is 0 Å². The Labute approximate surface area is 184 Å². The van der Waals surface area contributed by atoms with Crippen LogP contribution >= 0.6 is 11.6 Å². The van der Waals surface area contributed by atoms with Gasteiger partial charge in [0.1, 0.15) is 0 Å². The minimum absolute atomic E-state index is 0.0211. The third-order valence-corrected chi connectivity index (χ3v) is 5.27. The van der Waals surface area contributed by atoms with Crippen molar-refractivity contribution in [3.05, 3.63) is 58.6 Å². The molecule has 1 atom stereocenters. The number of esters is 2. The summed E-state index contributed by atoms with van der Waals surface area (Å²) in [6, 6.07) is 11.4. The Bertz CT molecular complexity index is 1020. The van der Waals surface area contributed by atoms with Crippen molar-refractivity contribution in [3.8, 4) is 0 Å². The fraction of sp³-hybridized carbons (Fsp3) is 0.273. The van der Waals surface area contributed by atoms with Gasteiger partial charge in [-0.15, -0.1) is 0 Å². The predicted molar refractivity (Wildman–Crippen MR) is 114 cm³/mol. The molecule has 1 heterocycles. The molecule has 1 fully saturated rings. The molecule has 2 aromatic carbocycles. The lowest BCUT2D eigenvalue weighted by Gasteiger charge is -2.16. The molecular weight excluding hydrogens is 424 g/mol. The molecule has 162 valence electrons. The van der Waals surface area contributed by atoms with Crippen molar-refractivity contribution in [2.75, 3.05) is 30.5 Å². The Morgan fingerprint density at radius 1 is 1.16 bits per heavy atom. The Kier molecular flexibility index (Phi) is 6.91. The Hall–Kier alpha value is -3.39. The second kappa shape index (κ2) is 9.61. The first kappa shape index (κ1) is 22.3. The summed E-state index contributed by atoms with van der Waals surface area (Å²) in [5.41, 5.74) is 2.28. The predicted octanol–water partition coefficient (Wildman–Crippen LogP) is 2.97. The first-order chi connectivity index (χ1) is 14.8. The van der Waals surface area contributed by atoms with Crippen LogP contribution in [-0.2, 0) is 23.9 Å². The second-order valence-corrected chi connectivity index (χ2v) is 7.47. The molecule has 0 aliphatic carbocycles. The number of nitrogens with one attached hydrogen (secondary N) is 1. The SMILES string of the molecule is COC(=O)c1ccc(N2CC(C(=O)OCC(=O)Nc3ccc(C)c(Cl)c3)CC2=O)cc1. The zero-order chi connectivity index (χ0) is 22.5. The summed E-state index contributed by atoms with van der Waals surface area (Å²) in [5, 5.41) is 3.12. The normalized spacial score (nSPS) is 15.5. The number of hydrogen-bond donors (Lipinski definition) is 1. The molecular formula is C22H21ClN2O6. The van der Waals surface area contributed by atoms with E-state index in [4.69, 9.17) is 16.3 Å². The van der Waals surface area contributed by atoms with Gasteiger partial charge in [-0.1, -0.05) is 17.7 Å². The second-order valence-electron chi connectivity index (χ2n) is 7.06.